The van der Waals surface area contributed by atoms with E-state index in [4.69, 9.17) is 5.21 Å². The molecule has 1 unspecified atom stereocenters. The molecule has 13 heavy (non-hydrogen) atoms. The number of halogens is 1. The van der Waals surface area contributed by atoms with Gasteiger partial charge < -0.3 is 5.21 Å². The highest BCUT2D eigenvalue weighted by Crippen LogP contribution is 2.16. The van der Waals surface area contributed by atoms with Gasteiger partial charge in [0.15, 0.2) is 0 Å². The predicted octanol–water partition coefficient (Wildman–Crippen LogP) is 0.472. The van der Waals surface area contributed by atoms with Crippen molar-refractivity contribution in [3.8, 4) is 0 Å². The number of nitrogens with one attached hydrogen (secondary N) is 1. The maximum Gasteiger partial charge on any atom is 0.0473 e. The molecular formula is C8H18ClN3O. The zero-order valence-electron chi connectivity index (χ0n) is 7.78. The fourth-order valence-electron chi connectivity index (χ4n) is 2.09. The van der Waals surface area contributed by atoms with Gasteiger partial charge in [0.25, 0.3) is 0 Å². The van der Waals surface area contributed by atoms with Gasteiger partial charge in [0.2, 0.25) is 0 Å². The van der Waals surface area contributed by atoms with E-state index in [0.29, 0.717) is 0 Å². The number of hydrazine groups is 1. The molecule has 0 aromatic carbocycles. The number of hydrogen-bond donors (Lipinski definition) is 2. The Morgan fingerprint density at radius 3 is 2.31 bits per heavy atom. The molecule has 2 aliphatic heterocycles. The minimum atomic E-state index is 0. The molecule has 0 radical (unpaired) electrons. The first-order valence-electron chi connectivity index (χ1n) is 4.79. The number of hydrogen-bond acceptors (Lipinski definition) is 4. The molecular weight excluding hydrogens is 190 g/mol. The normalized spacial score (nSPS) is 30.7. The third-order valence-corrected chi connectivity index (χ3v) is 2.83. The Kier molecular flexibility index (Phi) is 4.41. The van der Waals surface area contributed by atoms with Crippen LogP contribution in [0.5, 0.6) is 0 Å². The molecule has 0 amide bonds. The summed E-state index contributed by atoms with van der Waals surface area (Å²) in [5, 5.41) is 13.5. The lowest BCUT2D eigenvalue weighted by Gasteiger charge is -2.26. The van der Waals surface area contributed by atoms with Crippen molar-refractivity contribution < 1.29 is 5.21 Å². The van der Waals surface area contributed by atoms with E-state index in [0.717, 1.165) is 19.5 Å². The van der Waals surface area contributed by atoms with Crippen molar-refractivity contribution in [1.82, 2.24) is 15.5 Å². The third-order valence-electron chi connectivity index (χ3n) is 2.83. The number of rotatable bonds is 2. The van der Waals surface area contributed by atoms with Crippen LogP contribution < -0.4 is 5.48 Å². The molecule has 2 saturated heterocycles. The van der Waals surface area contributed by atoms with Crippen LogP contribution in [0.4, 0.5) is 0 Å². The number of hydroxylamine groups is 1. The summed E-state index contributed by atoms with van der Waals surface area (Å²) in [6.45, 7) is 4.48. The SMILES string of the molecule is Cl.ONC1CCN(N2CCCC2)C1. The predicted molar refractivity (Wildman–Crippen MR) is 53.0 cm³/mol. The summed E-state index contributed by atoms with van der Waals surface area (Å²) < 4.78 is 0. The Bertz CT molecular complexity index is 152. The van der Waals surface area contributed by atoms with E-state index in [1.54, 1.807) is 0 Å². The van der Waals surface area contributed by atoms with Crippen molar-refractivity contribution in [3.63, 3.8) is 0 Å². The van der Waals surface area contributed by atoms with Crippen LogP contribution in [0.25, 0.3) is 0 Å². The Morgan fingerprint density at radius 2 is 1.77 bits per heavy atom. The average Bonchev–Trinajstić information content (AvgIpc) is 2.75. The van der Waals surface area contributed by atoms with Gasteiger partial charge in [-0.1, -0.05) is 0 Å². The summed E-state index contributed by atoms with van der Waals surface area (Å²) in [7, 11) is 0. The third kappa shape index (κ3) is 2.54. The van der Waals surface area contributed by atoms with Crippen LogP contribution in [-0.4, -0.2) is 47.4 Å². The van der Waals surface area contributed by atoms with E-state index in [9.17, 15) is 0 Å². The second-order valence-corrected chi connectivity index (χ2v) is 3.69. The first-order chi connectivity index (χ1) is 5.90. The molecule has 2 fully saturated rings. The standard InChI is InChI=1S/C8H17N3O.ClH/c12-9-8-3-6-11(7-8)10-4-1-2-5-10;/h8-9,12H,1-7H2;1H. The van der Waals surface area contributed by atoms with E-state index >= 15 is 0 Å². The summed E-state index contributed by atoms with van der Waals surface area (Å²) in [4.78, 5) is 0. The second-order valence-electron chi connectivity index (χ2n) is 3.69. The van der Waals surface area contributed by atoms with Crippen LogP contribution in [-0.2, 0) is 0 Å². The Labute approximate surface area is 85.2 Å². The van der Waals surface area contributed by atoms with Gasteiger partial charge in [-0.25, -0.2) is 15.5 Å². The first-order valence-corrected chi connectivity index (χ1v) is 4.79. The summed E-state index contributed by atoms with van der Waals surface area (Å²) in [6, 6.07) is 0.283. The lowest BCUT2D eigenvalue weighted by Crippen LogP contribution is -2.40. The van der Waals surface area contributed by atoms with Crippen molar-refractivity contribution in [1.29, 1.82) is 0 Å². The van der Waals surface area contributed by atoms with E-state index in [1.165, 1.54) is 25.9 Å². The summed E-state index contributed by atoms with van der Waals surface area (Å²) in [5.41, 5.74) is 2.35. The molecule has 2 N–H and O–H groups in total. The fourth-order valence-corrected chi connectivity index (χ4v) is 2.09. The molecule has 4 nitrogen and oxygen atoms in total. The molecule has 78 valence electrons. The number of nitrogens with zero attached hydrogens (tertiary/aromatic N) is 2. The van der Waals surface area contributed by atoms with E-state index in [1.807, 2.05) is 0 Å². The molecule has 0 spiro atoms. The summed E-state index contributed by atoms with van der Waals surface area (Å²) in [5.74, 6) is 0. The highest BCUT2D eigenvalue weighted by molar-refractivity contribution is 5.85. The van der Waals surface area contributed by atoms with Gasteiger partial charge >= 0.3 is 0 Å². The largest absolute Gasteiger partial charge is 0.316 e. The molecule has 0 aliphatic carbocycles. The van der Waals surface area contributed by atoms with Gasteiger partial charge in [-0.2, -0.15) is 0 Å². The van der Waals surface area contributed by atoms with Crippen LogP contribution in [0, 0.1) is 0 Å². The zero-order chi connectivity index (χ0) is 8.39. The molecule has 1 atom stereocenters. The lowest BCUT2D eigenvalue weighted by molar-refractivity contribution is 0.0132. The molecule has 0 bridgehead atoms. The van der Waals surface area contributed by atoms with Crippen molar-refractivity contribution in [2.24, 2.45) is 0 Å². The smallest absolute Gasteiger partial charge is 0.0473 e. The monoisotopic (exact) mass is 207 g/mol. The minimum absolute atomic E-state index is 0. The maximum atomic E-state index is 8.73. The molecule has 2 aliphatic rings. The van der Waals surface area contributed by atoms with Crippen LogP contribution in [0.3, 0.4) is 0 Å². The van der Waals surface area contributed by atoms with Gasteiger partial charge in [0.05, 0.1) is 0 Å². The van der Waals surface area contributed by atoms with Crippen LogP contribution >= 0.6 is 12.4 Å². The Morgan fingerprint density at radius 1 is 1.08 bits per heavy atom. The maximum absolute atomic E-state index is 8.73. The molecule has 0 aromatic heterocycles. The first kappa shape index (κ1) is 11.2. The van der Waals surface area contributed by atoms with Crippen molar-refractivity contribution in [2.45, 2.75) is 25.3 Å². The van der Waals surface area contributed by atoms with Crippen LogP contribution in [0.1, 0.15) is 19.3 Å². The lowest BCUT2D eigenvalue weighted by atomic mass is 10.3. The summed E-state index contributed by atoms with van der Waals surface area (Å²) in [6.07, 6.45) is 3.72. The quantitative estimate of drug-likeness (QED) is 0.646. The Balaban J connectivity index is 0.000000845. The van der Waals surface area contributed by atoms with Gasteiger partial charge in [-0.3, -0.25) is 0 Å². The van der Waals surface area contributed by atoms with Crippen molar-refractivity contribution >= 4 is 12.4 Å². The highest BCUT2D eigenvalue weighted by atomic mass is 35.5. The molecule has 0 aromatic rings. The van der Waals surface area contributed by atoms with Crippen LogP contribution in [0.15, 0.2) is 0 Å². The zero-order valence-corrected chi connectivity index (χ0v) is 8.59. The minimum Gasteiger partial charge on any atom is -0.316 e. The topological polar surface area (TPSA) is 38.7 Å². The van der Waals surface area contributed by atoms with Crippen molar-refractivity contribution in [3.05, 3.63) is 0 Å². The Hall–Kier alpha value is 0.130. The summed E-state index contributed by atoms with van der Waals surface area (Å²) >= 11 is 0. The van der Waals surface area contributed by atoms with Gasteiger partial charge in [0, 0.05) is 32.2 Å². The fraction of sp³-hybridized carbons (Fsp3) is 1.00. The molecule has 2 heterocycles. The van der Waals surface area contributed by atoms with Gasteiger partial charge in [0.1, 0.15) is 0 Å². The van der Waals surface area contributed by atoms with Crippen LogP contribution in [0.2, 0.25) is 0 Å². The molecule has 2 rings (SSSR count). The molecule has 5 heteroatoms. The highest BCUT2D eigenvalue weighted by Gasteiger charge is 2.27. The van der Waals surface area contributed by atoms with Gasteiger partial charge in [-0.15, -0.1) is 12.4 Å². The van der Waals surface area contributed by atoms with E-state index in [-0.39, 0.29) is 18.4 Å². The average molecular weight is 208 g/mol. The van der Waals surface area contributed by atoms with E-state index in [2.05, 4.69) is 15.5 Å². The molecule has 0 saturated carbocycles. The van der Waals surface area contributed by atoms with E-state index < -0.39 is 0 Å². The van der Waals surface area contributed by atoms with Gasteiger partial charge in [-0.05, 0) is 19.3 Å². The van der Waals surface area contributed by atoms with Crippen molar-refractivity contribution in [2.75, 3.05) is 26.2 Å². The second kappa shape index (κ2) is 5.12.